The van der Waals surface area contributed by atoms with Crippen molar-refractivity contribution in [3.8, 4) is 5.75 Å². The van der Waals surface area contributed by atoms with Gasteiger partial charge in [0.25, 0.3) is 0 Å². The van der Waals surface area contributed by atoms with Crippen molar-refractivity contribution in [1.29, 1.82) is 0 Å². The number of rotatable bonds is 4. The van der Waals surface area contributed by atoms with Crippen molar-refractivity contribution in [3.63, 3.8) is 0 Å². The van der Waals surface area contributed by atoms with Crippen LogP contribution in [0.25, 0.3) is 10.2 Å². The lowest BCUT2D eigenvalue weighted by Crippen LogP contribution is -2.10. The molecule has 0 saturated carbocycles. The Kier molecular flexibility index (Phi) is 4.63. The van der Waals surface area contributed by atoms with E-state index in [2.05, 4.69) is 10.1 Å². The Morgan fingerprint density at radius 3 is 2.44 bits per heavy atom. The van der Waals surface area contributed by atoms with Gasteiger partial charge in [-0.3, -0.25) is 0 Å². The molecule has 0 aliphatic heterocycles. The molecule has 4 aromatic rings. The predicted molar refractivity (Wildman–Crippen MR) is 107 cm³/mol. The quantitative estimate of drug-likeness (QED) is 0.191. The number of thiazole rings is 1. The molecule has 5 nitrogen and oxygen atoms in total. The Hall–Kier alpha value is -3.51. The number of hydrazone groups is 1. The second-order valence-corrected chi connectivity index (χ2v) is 6.78. The maximum Gasteiger partial charge on any atom is 0.343 e. The molecule has 0 aliphatic carbocycles. The number of nitrogens with zero attached hydrogens (tertiary/aromatic N) is 2. The summed E-state index contributed by atoms with van der Waals surface area (Å²) in [6, 6.07) is 23.8. The zero-order valence-corrected chi connectivity index (χ0v) is 15.0. The molecule has 0 spiro atoms. The van der Waals surface area contributed by atoms with Gasteiger partial charge in [-0.05, 0) is 36.4 Å². The second-order valence-electron chi connectivity index (χ2n) is 5.75. The number of esters is 1. The van der Waals surface area contributed by atoms with Gasteiger partial charge in [0.1, 0.15) is 16.5 Å². The van der Waals surface area contributed by atoms with E-state index >= 15 is 0 Å². The maximum absolute atomic E-state index is 12.3. The van der Waals surface area contributed by atoms with Crippen molar-refractivity contribution in [2.45, 2.75) is 0 Å². The van der Waals surface area contributed by atoms with Gasteiger partial charge in [0.05, 0.1) is 15.8 Å². The molecule has 0 amide bonds. The average Bonchev–Trinajstić information content (AvgIpc) is 3.13. The molecule has 27 heavy (non-hydrogen) atoms. The largest absolute Gasteiger partial charge is 0.423 e. The fraction of sp³-hybridized carbons (Fsp3) is 0. The Balaban J connectivity index is 1.63. The third-order valence-electron chi connectivity index (χ3n) is 3.95. The standard InChI is InChI=1S/C21H15N3O2S/c22-24-19(20-23-17-11-4-5-12-18(17)27-20)15-9-6-10-16(13-15)26-21(25)14-7-2-1-3-8-14/h1-13H,22H2/b24-19+. The molecule has 0 bridgehead atoms. The Bertz CT molecular complexity index is 1100. The molecule has 6 heteroatoms. The number of carbonyl (C=O) groups excluding carboxylic acids is 1. The predicted octanol–water partition coefficient (Wildman–Crippen LogP) is 4.23. The number of para-hydroxylation sites is 1. The molecule has 132 valence electrons. The summed E-state index contributed by atoms with van der Waals surface area (Å²) in [5.41, 5.74) is 2.66. The third-order valence-corrected chi connectivity index (χ3v) is 5.00. The van der Waals surface area contributed by atoms with Crippen molar-refractivity contribution in [1.82, 2.24) is 4.98 Å². The molecule has 0 radical (unpaired) electrons. The van der Waals surface area contributed by atoms with E-state index in [9.17, 15) is 4.79 Å². The number of aromatic nitrogens is 1. The number of hydrogen-bond acceptors (Lipinski definition) is 6. The Morgan fingerprint density at radius 2 is 1.67 bits per heavy atom. The van der Waals surface area contributed by atoms with Crippen molar-refractivity contribution in [2.24, 2.45) is 10.9 Å². The summed E-state index contributed by atoms with van der Waals surface area (Å²) < 4.78 is 6.53. The van der Waals surface area contributed by atoms with Gasteiger partial charge in [-0.15, -0.1) is 11.3 Å². The minimum Gasteiger partial charge on any atom is -0.423 e. The molecular formula is C21H15N3O2S. The Morgan fingerprint density at radius 1 is 0.926 bits per heavy atom. The van der Waals surface area contributed by atoms with E-state index in [-0.39, 0.29) is 0 Å². The van der Waals surface area contributed by atoms with Gasteiger partial charge < -0.3 is 10.6 Å². The number of carbonyl (C=O) groups is 1. The average molecular weight is 373 g/mol. The van der Waals surface area contributed by atoms with Crippen LogP contribution in [-0.2, 0) is 0 Å². The van der Waals surface area contributed by atoms with Gasteiger partial charge in [-0.1, -0.05) is 42.5 Å². The van der Waals surface area contributed by atoms with E-state index in [0.29, 0.717) is 22.0 Å². The van der Waals surface area contributed by atoms with Gasteiger partial charge in [0, 0.05) is 5.56 Å². The van der Waals surface area contributed by atoms with Crippen LogP contribution < -0.4 is 10.6 Å². The summed E-state index contributed by atoms with van der Waals surface area (Å²) in [6.07, 6.45) is 0. The smallest absolute Gasteiger partial charge is 0.343 e. The van der Waals surface area contributed by atoms with Crippen LogP contribution in [0.5, 0.6) is 5.75 Å². The zero-order valence-electron chi connectivity index (χ0n) is 14.2. The summed E-state index contributed by atoms with van der Waals surface area (Å²) in [6.45, 7) is 0. The topological polar surface area (TPSA) is 77.6 Å². The minimum atomic E-state index is -0.418. The number of nitrogens with two attached hydrogens (primary N) is 1. The van der Waals surface area contributed by atoms with Crippen LogP contribution in [0.2, 0.25) is 0 Å². The van der Waals surface area contributed by atoms with E-state index in [0.717, 1.165) is 15.8 Å². The van der Waals surface area contributed by atoms with Gasteiger partial charge in [0.15, 0.2) is 0 Å². The second kappa shape index (κ2) is 7.39. The molecule has 1 aromatic heterocycles. The summed E-state index contributed by atoms with van der Waals surface area (Å²) in [4.78, 5) is 16.9. The lowest BCUT2D eigenvalue weighted by Gasteiger charge is -2.07. The molecule has 2 N–H and O–H groups in total. The van der Waals surface area contributed by atoms with Crippen LogP contribution in [0.3, 0.4) is 0 Å². The SMILES string of the molecule is N/N=C(\c1cccc(OC(=O)c2ccccc2)c1)c1nc2ccccc2s1. The van der Waals surface area contributed by atoms with Crippen molar-refractivity contribution >= 4 is 33.2 Å². The molecule has 0 fully saturated rings. The fourth-order valence-corrected chi connectivity index (χ4v) is 3.66. The molecule has 0 unspecified atom stereocenters. The number of ether oxygens (including phenoxy) is 1. The summed E-state index contributed by atoms with van der Waals surface area (Å²) >= 11 is 1.51. The Labute approximate surface area is 159 Å². The first kappa shape index (κ1) is 16.9. The number of fused-ring (bicyclic) bond motifs is 1. The molecule has 0 atom stereocenters. The zero-order chi connectivity index (χ0) is 18.6. The van der Waals surface area contributed by atoms with Crippen LogP contribution in [0.15, 0.2) is 84.0 Å². The molecule has 4 rings (SSSR count). The van der Waals surface area contributed by atoms with Crippen molar-refractivity contribution in [2.75, 3.05) is 0 Å². The third kappa shape index (κ3) is 3.56. The molecular weight excluding hydrogens is 358 g/mol. The van der Waals surface area contributed by atoms with E-state index in [1.807, 2.05) is 36.4 Å². The van der Waals surface area contributed by atoms with Crippen molar-refractivity contribution < 1.29 is 9.53 Å². The fourth-order valence-electron chi connectivity index (χ4n) is 2.67. The summed E-state index contributed by atoms with van der Waals surface area (Å²) in [5, 5.41) is 4.64. The highest BCUT2D eigenvalue weighted by atomic mass is 32.1. The van der Waals surface area contributed by atoms with Crippen molar-refractivity contribution in [3.05, 3.63) is 95.0 Å². The first-order valence-corrected chi connectivity index (χ1v) is 9.08. The summed E-state index contributed by atoms with van der Waals surface area (Å²) in [7, 11) is 0. The normalized spacial score (nSPS) is 11.5. The summed E-state index contributed by atoms with van der Waals surface area (Å²) in [5.74, 6) is 5.65. The van der Waals surface area contributed by atoms with Gasteiger partial charge in [0.2, 0.25) is 0 Å². The number of benzene rings is 3. The van der Waals surface area contributed by atoms with Crippen LogP contribution in [-0.4, -0.2) is 16.7 Å². The lowest BCUT2D eigenvalue weighted by molar-refractivity contribution is 0.0735. The van der Waals surface area contributed by atoms with E-state index < -0.39 is 5.97 Å². The molecule has 3 aromatic carbocycles. The van der Waals surface area contributed by atoms with Crippen LogP contribution >= 0.6 is 11.3 Å². The monoisotopic (exact) mass is 373 g/mol. The highest BCUT2D eigenvalue weighted by Crippen LogP contribution is 2.25. The highest BCUT2D eigenvalue weighted by Gasteiger charge is 2.15. The van der Waals surface area contributed by atoms with E-state index in [1.165, 1.54) is 11.3 Å². The van der Waals surface area contributed by atoms with Gasteiger partial charge >= 0.3 is 5.97 Å². The van der Waals surface area contributed by atoms with E-state index in [4.69, 9.17) is 10.6 Å². The lowest BCUT2D eigenvalue weighted by atomic mass is 10.1. The molecule has 0 saturated heterocycles. The van der Waals surface area contributed by atoms with E-state index in [1.54, 1.807) is 42.5 Å². The van der Waals surface area contributed by atoms with Crippen LogP contribution in [0.1, 0.15) is 20.9 Å². The highest BCUT2D eigenvalue weighted by molar-refractivity contribution is 7.20. The van der Waals surface area contributed by atoms with Crippen LogP contribution in [0.4, 0.5) is 0 Å². The van der Waals surface area contributed by atoms with Crippen LogP contribution in [0, 0.1) is 0 Å². The first-order chi connectivity index (χ1) is 13.2. The van der Waals surface area contributed by atoms with Gasteiger partial charge in [-0.2, -0.15) is 5.10 Å². The molecule has 1 heterocycles. The molecule has 0 aliphatic rings. The van der Waals surface area contributed by atoms with Gasteiger partial charge in [-0.25, -0.2) is 9.78 Å². The maximum atomic E-state index is 12.3. The number of hydrogen-bond donors (Lipinski definition) is 1. The minimum absolute atomic E-state index is 0.418. The first-order valence-electron chi connectivity index (χ1n) is 8.26.